The van der Waals surface area contributed by atoms with Gasteiger partial charge in [0.15, 0.2) is 5.92 Å². The van der Waals surface area contributed by atoms with E-state index in [0.717, 1.165) is 51.4 Å². The Balaban J connectivity index is 1.91. The van der Waals surface area contributed by atoms with Crippen molar-refractivity contribution in [2.45, 2.75) is 83.8 Å². The van der Waals surface area contributed by atoms with Crippen molar-refractivity contribution < 1.29 is 19.1 Å². The number of hydrogen-bond donors (Lipinski definition) is 0. The van der Waals surface area contributed by atoms with Crippen LogP contribution in [-0.4, -0.2) is 24.1 Å². The van der Waals surface area contributed by atoms with Crippen LogP contribution in [0.25, 0.3) is 0 Å². The molecule has 0 radical (unpaired) electrons. The zero-order valence-electron chi connectivity index (χ0n) is 13.3. The van der Waals surface area contributed by atoms with Crippen LogP contribution in [-0.2, 0) is 19.1 Å². The summed E-state index contributed by atoms with van der Waals surface area (Å²) in [7, 11) is 0. The normalized spacial score (nSPS) is 20.4. The lowest BCUT2D eigenvalue weighted by Gasteiger charge is -2.21. The zero-order chi connectivity index (χ0) is 15.2. The van der Waals surface area contributed by atoms with Crippen LogP contribution < -0.4 is 0 Å². The van der Waals surface area contributed by atoms with Crippen LogP contribution in [0.4, 0.5) is 0 Å². The molecule has 0 aliphatic heterocycles. The quantitative estimate of drug-likeness (QED) is 0.555. The van der Waals surface area contributed by atoms with E-state index >= 15 is 0 Å². The van der Waals surface area contributed by atoms with E-state index in [0.29, 0.717) is 6.42 Å². The van der Waals surface area contributed by atoms with Crippen LogP contribution in [0.15, 0.2) is 0 Å². The summed E-state index contributed by atoms with van der Waals surface area (Å²) in [5.74, 6) is -1.23. The van der Waals surface area contributed by atoms with Gasteiger partial charge in [0, 0.05) is 0 Å². The average molecular weight is 296 g/mol. The van der Waals surface area contributed by atoms with Crippen molar-refractivity contribution in [2.24, 2.45) is 11.8 Å². The van der Waals surface area contributed by atoms with Gasteiger partial charge in [0.05, 0.1) is 0 Å². The van der Waals surface area contributed by atoms with Gasteiger partial charge in [-0.2, -0.15) is 0 Å². The van der Waals surface area contributed by atoms with Crippen LogP contribution in [0.3, 0.4) is 0 Å². The number of esters is 2. The minimum Gasteiger partial charge on any atom is -0.462 e. The van der Waals surface area contributed by atoms with Crippen molar-refractivity contribution in [3.05, 3.63) is 0 Å². The molecule has 2 aliphatic rings. The lowest BCUT2D eigenvalue weighted by atomic mass is 9.97. The van der Waals surface area contributed by atoms with E-state index in [4.69, 9.17) is 9.47 Å². The van der Waals surface area contributed by atoms with E-state index in [1.807, 2.05) is 13.8 Å². The fraction of sp³-hybridized carbons (Fsp3) is 0.882. The second-order valence-corrected chi connectivity index (χ2v) is 6.87. The molecule has 0 aromatic carbocycles. The predicted molar refractivity (Wildman–Crippen MR) is 79.6 cm³/mol. The van der Waals surface area contributed by atoms with Gasteiger partial charge in [0.2, 0.25) is 0 Å². The Morgan fingerprint density at radius 1 is 0.857 bits per heavy atom. The first kappa shape index (κ1) is 16.3. The summed E-state index contributed by atoms with van der Waals surface area (Å²) >= 11 is 0. The smallest absolute Gasteiger partial charge is 0.320 e. The Kier molecular flexibility index (Phi) is 6.07. The maximum Gasteiger partial charge on any atom is 0.320 e. The second-order valence-electron chi connectivity index (χ2n) is 6.87. The van der Waals surface area contributed by atoms with E-state index in [9.17, 15) is 9.59 Å². The third kappa shape index (κ3) is 5.01. The van der Waals surface area contributed by atoms with Gasteiger partial charge in [-0.25, -0.2) is 0 Å². The third-order valence-electron chi connectivity index (χ3n) is 4.45. The Morgan fingerprint density at radius 3 is 1.57 bits per heavy atom. The average Bonchev–Trinajstić information content (AvgIpc) is 3.08. The Morgan fingerprint density at radius 2 is 1.24 bits per heavy atom. The van der Waals surface area contributed by atoms with Gasteiger partial charge in [0.1, 0.15) is 12.2 Å². The summed E-state index contributed by atoms with van der Waals surface area (Å²) in [5, 5.41) is 0. The van der Waals surface area contributed by atoms with Crippen LogP contribution in [0.1, 0.15) is 71.6 Å². The molecule has 4 heteroatoms. The van der Waals surface area contributed by atoms with E-state index in [-0.39, 0.29) is 30.1 Å². The molecule has 0 aromatic rings. The van der Waals surface area contributed by atoms with Gasteiger partial charge in [-0.05, 0) is 63.7 Å². The van der Waals surface area contributed by atoms with Gasteiger partial charge in [-0.1, -0.05) is 13.8 Å². The van der Waals surface area contributed by atoms with Crippen molar-refractivity contribution in [2.75, 3.05) is 0 Å². The molecule has 0 heterocycles. The molecule has 0 atom stereocenters. The summed E-state index contributed by atoms with van der Waals surface area (Å²) in [6.45, 7) is 4.03. The highest BCUT2D eigenvalue weighted by Crippen LogP contribution is 2.26. The van der Waals surface area contributed by atoms with E-state index in [1.165, 1.54) is 0 Å². The first-order valence-corrected chi connectivity index (χ1v) is 8.47. The zero-order valence-corrected chi connectivity index (χ0v) is 13.3. The van der Waals surface area contributed by atoms with Crippen LogP contribution in [0.5, 0.6) is 0 Å². The molecule has 2 rings (SSSR count). The molecule has 120 valence electrons. The maximum atomic E-state index is 12.3. The minimum atomic E-state index is -0.744. The van der Waals surface area contributed by atoms with Gasteiger partial charge >= 0.3 is 11.9 Å². The molecule has 0 amide bonds. The largest absolute Gasteiger partial charge is 0.462 e. The molecule has 0 N–H and O–H groups in total. The first-order valence-electron chi connectivity index (χ1n) is 8.47. The van der Waals surface area contributed by atoms with Crippen LogP contribution >= 0.6 is 0 Å². The van der Waals surface area contributed by atoms with Crippen molar-refractivity contribution >= 4 is 11.9 Å². The highest BCUT2D eigenvalue weighted by molar-refractivity contribution is 5.95. The fourth-order valence-corrected chi connectivity index (χ4v) is 3.27. The molecule has 21 heavy (non-hydrogen) atoms. The fourth-order valence-electron chi connectivity index (χ4n) is 3.27. The number of rotatable bonds is 6. The monoisotopic (exact) mass is 296 g/mol. The third-order valence-corrected chi connectivity index (χ3v) is 4.45. The van der Waals surface area contributed by atoms with E-state index in [1.54, 1.807) is 0 Å². The molecule has 0 spiro atoms. The molecule has 2 saturated carbocycles. The molecular formula is C17H28O4. The van der Waals surface area contributed by atoms with Gasteiger partial charge in [-0.3, -0.25) is 9.59 Å². The van der Waals surface area contributed by atoms with E-state index < -0.39 is 5.92 Å². The van der Waals surface area contributed by atoms with Crippen LogP contribution in [0.2, 0.25) is 0 Å². The summed E-state index contributed by atoms with van der Waals surface area (Å²) in [4.78, 5) is 24.7. The first-order chi connectivity index (χ1) is 10.1. The van der Waals surface area contributed by atoms with Crippen molar-refractivity contribution in [3.8, 4) is 0 Å². The Labute approximate surface area is 127 Å². The number of ether oxygens (including phenoxy) is 2. The lowest BCUT2D eigenvalue weighted by molar-refractivity contribution is -0.168. The van der Waals surface area contributed by atoms with E-state index in [2.05, 4.69) is 0 Å². The van der Waals surface area contributed by atoms with Crippen molar-refractivity contribution in [3.63, 3.8) is 0 Å². The molecule has 0 saturated heterocycles. The number of carbonyl (C=O) groups excluding carboxylic acids is 2. The second kappa shape index (κ2) is 7.81. The molecule has 4 nitrogen and oxygen atoms in total. The standard InChI is InChI=1S/C17H28O4/c1-12(2)11-15(16(18)20-13-7-3-4-8-13)17(19)21-14-9-5-6-10-14/h12-15H,3-11H2,1-2H3. The summed E-state index contributed by atoms with van der Waals surface area (Å²) in [5.41, 5.74) is 0. The molecule has 0 bridgehead atoms. The van der Waals surface area contributed by atoms with Crippen molar-refractivity contribution in [1.82, 2.24) is 0 Å². The molecule has 2 fully saturated rings. The van der Waals surface area contributed by atoms with Gasteiger partial charge in [-0.15, -0.1) is 0 Å². The molecule has 0 aromatic heterocycles. The summed E-state index contributed by atoms with van der Waals surface area (Å²) < 4.78 is 11.0. The Bertz CT molecular complexity index is 322. The summed E-state index contributed by atoms with van der Waals surface area (Å²) in [6.07, 6.45) is 8.68. The molecule has 0 unspecified atom stereocenters. The topological polar surface area (TPSA) is 52.6 Å². The number of hydrogen-bond acceptors (Lipinski definition) is 4. The predicted octanol–water partition coefficient (Wildman–Crippen LogP) is 3.62. The van der Waals surface area contributed by atoms with Crippen molar-refractivity contribution in [1.29, 1.82) is 0 Å². The minimum absolute atomic E-state index is 0.00597. The van der Waals surface area contributed by atoms with Gasteiger partial charge < -0.3 is 9.47 Å². The SMILES string of the molecule is CC(C)CC(C(=O)OC1CCCC1)C(=O)OC1CCCC1. The Hall–Kier alpha value is -1.06. The molecule has 2 aliphatic carbocycles. The maximum absolute atomic E-state index is 12.3. The highest BCUT2D eigenvalue weighted by Gasteiger charge is 2.34. The van der Waals surface area contributed by atoms with Gasteiger partial charge in [0.25, 0.3) is 0 Å². The highest BCUT2D eigenvalue weighted by atomic mass is 16.6. The molecular weight excluding hydrogens is 268 g/mol. The lowest BCUT2D eigenvalue weighted by Crippen LogP contribution is -2.33. The van der Waals surface area contributed by atoms with Crippen LogP contribution in [0, 0.1) is 11.8 Å². The number of carbonyl (C=O) groups is 2. The summed E-state index contributed by atoms with van der Waals surface area (Å²) in [6, 6.07) is 0.